The molecule has 0 amide bonds. The van der Waals surface area contributed by atoms with Crippen molar-refractivity contribution in [1.29, 1.82) is 0 Å². The Morgan fingerprint density at radius 1 is 0.586 bits per heavy atom. The van der Waals surface area contributed by atoms with Gasteiger partial charge in [-0.05, 0) is 0 Å². The fourth-order valence-corrected chi connectivity index (χ4v) is 1.97. The largest absolute Gasteiger partial charge is 6.00 e. The van der Waals surface area contributed by atoms with Crippen LogP contribution in [-0.2, 0) is 29.1 Å². The molecule has 0 saturated carbocycles. The van der Waals surface area contributed by atoms with Crippen molar-refractivity contribution in [1.82, 2.24) is 0 Å². The molecule has 0 bridgehead atoms. The van der Waals surface area contributed by atoms with Gasteiger partial charge in [0.15, 0.2) is 0 Å². The molecule has 0 aliphatic carbocycles. The molecule has 4 unspecified atom stereocenters. The first-order chi connectivity index (χ1) is 13.2. The van der Waals surface area contributed by atoms with Gasteiger partial charge in [0.25, 0.3) is 0 Å². The molecule has 0 aromatic rings. The maximum Gasteiger partial charge on any atom is 6.00 e. The van der Waals surface area contributed by atoms with Crippen LogP contribution in [0.3, 0.4) is 0 Å². The molecule has 0 saturated heterocycles. The summed E-state index contributed by atoms with van der Waals surface area (Å²) >= 11 is 0. The fourth-order valence-electron chi connectivity index (χ4n) is 1.97. The van der Waals surface area contributed by atoms with Gasteiger partial charge in [0.1, 0.15) is 0 Å². The second-order valence-electron chi connectivity index (χ2n) is 7.13. The molecule has 6 nitrogen and oxygen atoms in total. The number of hydrogen-bond acceptors (Lipinski definition) is 2. The van der Waals surface area contributed by atoms with Crippen molar-refractivity contribution in [3.8, 4) is 0 Å². The molecule has 0 aliphatic heterocycles. The van der Waals surface area contributed by atoms with Gasteiger partial charge in [-0.2, -0.15) is 13.1 Å². The van der Waals surface area contributed by atoms with Gasteiger partial charge in [-0.25, -0.2) is 12.3 Å². The Labute approximate surface area is 195 Å². The minimum Gasteiger partial charge on any atom is -0.678 e. The monoisotopic (exact) mass is 500 g/mol. The van der Waals surface area contributed by atoms with Crippen molar-refractivity contribution in [2.24, 2.45) is 11.8 Å². The van der Waals surface area contributed by atoms with Crippen LogP contribution in [0.15, 0.2) is 0 Å². The van der Waals surface area contributed by atoms with Crippen LogP contribution in [0.2, 0.25) is 0 Å². The number of hydrogen-bond donors (Lipinski definition) is 0. The van der Waals surface area contributed by atoms with E-state index in [2.05, 4.69) is 104 Å². The Kier molecular flexibility index (Phi) is 40.7. The Bertz CT molecular complexity index is 270. The van der Waals surface area contributed by atoms with E-state index >= 15 is 0 Å². The minimum atomic E-state index is 0. The molecule has 0 aromatic heterocycles. The summed E-state index contributed by atoms with van der Waals surface area (Å²) < 4.78 is 0. The van der Waals surface area contributed by atoms with Crippen LogP contribution in [0.4, 0.5) is 0 Å². The molecule has 0 fully saturated rings. The second kappa shape index (κ2) is 30.0. The molecule has 29 heavy (non-hydrogen) atoms. The van der Waals surface area contributed by atoms with Crippen molar-refractivity contribution < 1.29 is 29.1 Å². The van der Waals surface area contributed by atoms with Crippen LogP contribution in [-0.4, -0.2) is 51.1 Å². The third kappa shape index (κ3) is 27.8. The molecule has 0 rings (SSSR count). The molecule has 174 valence electrons. The van der Waals surface area contributed by atoms with Gasteiger partial charge < -0.3 is 30.9 Å². The van der Waals surface area contributed by atoms with E-state index < -0.39 is 0 Å². The summed E-state index contributed by atoms with van der Waals surface area (Å²) in [5.74, 6) is 1.08. The number of nitrogens with zero attached hydrogens (tertiary/aromatic N) is 4. The van der Waals surface area contributed by atoms with E-state index in [-0.39, 0.29) is 31.8 Å². The minimum absolute atomic E-state index is 0. The number of rotatable bonds is 12. The first-order valence-corrected chi connectivity index (χ1v) is 10.4. The Morgan fingerprint density at radius 2 is 0.828 bits per heavy atom. The third-order valence-corrected chi connectivity index (χ3v) is 3.93. The molecule has 0 aromatic carbocycles. The van der Waals surface area contributed by atoms with Crippen LogP contribution in [0.1, 0.15) is 82.1 Å². The molecule has 4 atom stereocenters. The molecule has 7 heteroatoms. The van der Waals surface area contributed by atoms with E-state index in [1.165, 1.54) is 0 Å². The normalized spacial score (nSPS) is 13.9. The van der Waals surface area contributed by atoms with Gasteiger partial charge in [0, 0.05) is 0 Å². The Balaban J connectivity index is -0.000000109. The van der Waals surface area contributed by atoms with Crippen LogP contribution >= 0.6 is 0 Å². The summed E-state index contributed by atoms with van der Waals surface area (Å²) in [4.78, 5) is 15.5. The van der Waals surface area contributed by atoms with Crippen LogP contribution < -0.4 is 0 Å². The van der Waals surface area contributed by atoms with Crippen LogP contribution in [0.5, 0.6) is 0 Å². The van der Waals surface area contributed by atoms with Crippen molar-refractivity contribution in [2.75, 3.05) is 13.1 Å². The van der Waals surface area contributed by atoms with Gasteiger partial charge in [0.05, 0.1) is 0 Å². The molecule has 0 aliphatic rings. The predicted octanol–water partition coefficient (Wildman–Crippen LogP) is 6.52. The Morgan fingerprint density at radius 3 is 0.966 bits per heavy atom. The van der Waals surface area contributed by atoms with E-state index in [1.807, 2.05) is 0 Å². The molecular weight excluding hydrogens is 453 g/mol. The van der Waals surface area contributed by atoms with Crippen LogP contribution in [0.25, 0.3) is 21.3 Å². The quantitative estimate of drug-likeness (QED) is 0.174. The van der Waals surface area contributed by atoms with E-state index in [0.717, 1.165) is 25.9 Å². The molecule has 0 heterocycles. The summed E-state index contributed by atoms with van der Waals surface area (Å²) in [6.07, 6.45) is 2.65. The van der Waals surface area contributed by atoms with Crippen molar-refractivity contribution in [2.45, 2.75) is 106 Å². The van der Waals surface area contributed by atoms with E-state index in [0.29, 0.717) is 23.9 Å². The number of carbonyl (C=O) groups excluding carboxylic acids is 2. The molecule has 0 radical (unpaired) electrons. The van der Waals surface area contributed by atoms with Crippen molar-refractivity contribution in [3.05, 3.63) is 21.3 Å². The van der Waals surface area contributed by atoms with E-state index in [1.54, 1.807) is 0 Å². The summed E-state index contributed by atoms with van der Waals surface area (Å²) in [6, 6.07) is 0.903. The first kappa shape index (κ1) is 39.3. The van der Waals surface area contributed by atoms with Crippen molar-refractivity contribution >= 4 is 13.6 Å². The predicted molar refractivity (Wildman–Crippen MR) is 125 cm³/mol. The SMILES string of the molecule is CC[N-]C([N-]C(C)CC)C(C)C.CC[N-]C([N-]C(C)CC)C(C)C.[CH-]=O.[CH-]=O.[Ru+6]. The molecular formula is C22H46N4O2Ru. The van der Waals surface area contributed by atoms with Gasteiger partial charge in [0.2, 0.25) is 0 Å². The summed E-state index contributed by atoms with van der Waals surface area (Å²) in [6.45, 7) is 29.7. The maximum absolute atomic E-state index is 7.75. The molecule has 0 N–H and O–H groups in total. The summed E-state index contributed by atoms with van der Waals surface area (Å²) in [5.41, 5.74) is 0. The van der Waals surface area contributed by atoms with Crippen LogP contribution in [0, 0.1) is 11.8 Å². The fraction of sp³-hybridized carbons (Fsp3) is 0.909. The van der Waals surface area contributed by atoms with Crippen molar-refractivity contribution in [3.63, 3.8) is 0 Å². The maximum atomic E-state index is 7.75. The van der Waals surface area contributed by atoms with Gasteiger partial charge >= 0.3 is 19.5 Å². The average molecular weight is 500 g/mol. The first-order valence-electron chi connectivity index (χ1n) is 10.4. The van der Waals surface area contributed by atoms with E-state index in [4.69, 9.17) is 9.59 Å². The summed E-state index contributed by atoms with van der Waals surface area (Å²) in [5, 5.41) is 18.1. The zero-order valence-electron chi connectivity index (χ0n) is 20.4. The smallest absolute Gasteiger partial charge is 0.678 e. The second-order valence-corrected chi connectivity index (χ2v) is 7.13. The van der Waals surface area contributed by atoms with E-state index in [9.17, 15) is 0 Å². The third-order valence-electron chi connectivity index (χ3n) is 3.93. The van der Waals surface area contributed by atoms with Gasteiger partial charge in [-0.1, -0.05) is 93.9 Å². The topological polar surface area (TPSA) is 90.5 Å². The Hall–Kier alpha value is -0.197. The molecule has 0 spiro atoms. The average Bonchev–Trinajstić information content (AvgIpc) is 2.70. The standard InChI is InChI=1S/2C10H22N2.2CHO.Ru/c2*1-6-9(5)12-10(8(3)4)11-7-2;2*1-2;/h2*8-10H,6-7H2,1-5H3;2*1H;/q2*-2;2*-1;+6. The zero-order chi connectivity index (χ0) is 23.1. The summed E-state index contributed by atoms with van der Waals surface area (Å²) in [7, 11) is 0. The zero-order valence-corrected chi connectivity index (χ0v) is 22.1. The van der Waals surface area contributed by atoms with Gasteiger partial charge in [-0.3, -0.25) is 13.6 Å². The van der Waals surface area contributed by atoms with Gasteiger partial charge in [-0.15, -0.1) is 12.1 Å².